The molecular weight excluding hydrogens is 242 g/mol. The summed E-state index contributed by atoms with van der Waals surface area (Å²) in [5.41, 5.74) is 0.853. The van der Waals surface area contributed by atoms with Crippen molar-refractivity contribution in [1.82, 2.24) is 5.32 Å². The summed E-state index contributed by atoms with van der Waals surface area (Å²) in [5.74, 6) is 1.69. The number of rotatable bonds is 7. The average Bonchev–Trinajstić information content (AvgIpc) is 2.80. The van der Waals surface area contributed by atoms with Crippen LogP contribution in [-0.2, 0) is 6.54 Å². The zero-order valence-electron chi connectivity index (χ0n) is 11.5. The summed E-state index contributed by atoms with van der Waals surface area (Å²) in [7, 11) is 1.65. The first-order valence-electron chi connectivity index (χ1n) is 6.68. The van der Waals surface area contributed by atoms with E-state index in [2.05, 4.69) is 12.2 Å². The Bertz CT molecular complexity index is 521. The fourth-order valence-corrected chi connectivity index (χ4v) is 2.09. The molecule has 4 heteroatoms. The molecule has 1 heterocycles. The van der Waals surface area contributed by atoms with Crippen LogP contribution < -0.4 is 10.1 Å². The summed E-state index contributed by atoms with van der Waals surface area (Å²) in [4.78, 5) is 0. The minimum absolute atomic E-state index is 0.283. The van der Waals surface area contributed by atoms with Gasteiger partial charge in [-0.15, -0.1) is 0 Å². The Morgan fingerprint density at radius 2 is 2.21 bits per heavy atom. The number of aliphatic hydroxyl groups is 1. The topological polar surface area (TPSA) is 54.6 Å². The first-order valence-corrected chi connectivity index (χ1v) is 6.68. The summed E-state index contributed by atoms with van der Waals surface area (Å²) in [6.07, 6.45) is 1.53. The summed E-state index contributed by atoms with van der Waals surface area (Å²) in [6.45, 7) is 3.28. The van der Waals surface area contributed by atoms with Gasteiger partial charge in [-0.1, -0.05) is 13.3 Å². The van der Waals surface area contributed by atoms with Gasteiger partial charge in [0.05, 0.1) is 19.8 Å². The maximum Gasteiger partial charge on any atom is 0.134 e. The van der Waals surface area contributed by atoms with Crippen molar-refractivity contribution in [1.29, 1.82) is 0 Å². The molecule has 0 saturated heterocycles. The van der Waals surface area contributed by atoms with E-state index in [1.54, 1.807) is 7.11 Å². The molecule has 19 heavy (non-hydrogen) atoms. The second-order valence-electron chi connectivity index (χ2n) is 4.69. The number of benzene rings is 1. The van der Waals surface area contributed by atoms with Gasteiger partial charge < -0.3 is 19.6 Å². The molecule has 1 atom stereocenters. The molecule has 0 bridgehead atoms. The van der Waals surface area contributed by atoms with E-state index in [9.17, 15) is 5.11 Å². The summed E-state index contributed by atoms with van der Waals surface area (Å²) in [5, 5.41) is 13.9. The predicted octanol–water partition coefficient (Wildman–Crippen LogP) is 2.69. The summed E-state index contributed by atoms with van der Waals surface area (Å²) >= 11 is 0. The van der Waals surface area contributed by atoms with Gasteiger partial charge in [-0.2, -0.15) is 0 Å². The third kappa shape index (κ3) is 3.72. The van der Waals surface area contributed by atoms with Crippen LogP contribution in [0.15, 0.2) is 28.7 Å². The molecule has 4 nitrogen and oxygen atoms in total. The lowest BCUT2D eigenvalue weighted by Crippen LogP contribution is -2.25. The fourth-order valence-electron chi connectivity index (χ4n) is 2.09. The third-order valence-electron chi connectivity index (χ3n) is 3.08. The Hall–Kier alpha value is -1.52. The fraction of sp³-hybridized carbons (Fsp3) is 0.467. The third-order valence-corrected chi connectivity index (χ3v) is 3.08. The van der Waals surface area contributed by atoms with Crippen molar-refractivity contribution in [3.63, 3.8) is 0 Å². The van der Waals surface area contributed by atoms with Gasteiger partial charge in [0.25, 0.3) is 0 Å². The van der Waals surface area contributed by atoms with E-state index in [0.29, 0.717) is 13.1 Å². The number of furan rings is 1. The van der Waals surface area contributed by atoms with Crippen molar-refractivity contribution in [3.05, 3.63) is 30.0 Å². The molecule has 0 aliphatic rings. The first kappa shape index (κ1) is 13.9. The molecule has 0 spiro atoms. The van der Waals surface area contributed by atoms with E-state index in [1.165, 1.54) is 0 Å². The first-order chi connectivity index (χ1) is 9.22. The molecule has 0 saturated carbocycles. The number of fused-ring (bicyclic) bond motifs is 1. The molecule has 0 fully saturated rings. The highest BCUT2D eigenvalue weighted by Crippen LogP contribution is 2.24. The molecule has 0 aliphatic carbocycles. The van der Waals surface area contributed by atoms with Crippen molar-refractivity contribution in [3.8, 4) is 5.75 Å². The predicted molar refractivity (Wildman–Crippen MR) is 75.4 cm³/mol. The van der Waals surface area contributed by atoms with Gasteiger partial charge in [0.15, 0.2) is 0 Å². The molecule has 0 amide bonds. The van der Waals surface area contributed by atoms with E-state index >= 15 is 0 Å². The maximum atomic E-state index is 9.63. The number of methoxy groups -OCH3 is 1. The molecule has 2 N–H and O–H groups in total. The highest BCUT2D eigenvalue weighted by atomic mass is 16.5. The van der Waals surface area contributed by atoms with Crippen LogP contribution in [0.5, 0.6) is 5.75 Å². The van der Waals surface area contributed by atoms with Gasteiger partial charge in [0, 0.05) is 11.9 Å². The monoisotopic (exact) mass is 263 g/mol. The highest BCUT2D eigenvalue weighted by molar-refractivity contribution is 5.79. The maximum absolute atomic E-state index is 9.63. The van der Waals surface area contributed by atoms with Crippen LogP contribution in [-0.4, -0.2) is 24.9 Å². The lowest BCUT2D eigenvalue weighted by Gasteiger charge is -2.09. The van der Waals surface area contributed by atoms with Crippen molar-refractivity contribution in [2.45, 2.75) is 32.4 Å². The van der Waals surface area contributed by atoms with Crippen molar-refractivity contribution in [2.75, 3.05) is 13.7 Å². The van der Waals surface area contributed by atoms with E-state index in [1.807, 2.05) is 24.3 Å². The molecule has 2 rings (SSSR count). The Labute approximate surface area is 113 Å². The number of hydrogen-bond donors (Lipinski definition) is 2. The zero-order valence-corrected chi connectivity index (χ0v) is 11.5. The van der Waals surface area contributed by atoms with Gasteiger partial charge in [0.1, 0.15) is 17.1 Å². The van der Waals surface area contributed by atoms with Crippen LogP contribution in [0, 0.1) is 0 Å². The summed E-state index contributed by atoms with van der Waals surface area (Å²) in [6, 6.07) is 7.74. The Balaban J connectivity index is 1.94. The molecule has 104 valence electrons. The van der Waals surface area contributed by atoms with Crippen molar-refractivity contribution < 1.29 is 14.3 Å². The Morgan fingerprint density at radius 1 is 1.37 bits per heavy atom. The second kappa shape index (κ2) is 6.59. The number of hydrogen-bond acceptors (Lipinski definition) is 4. The van der Waals surface area contributed by atoms with Crippen LogP contribution in [0.3, 0.4) is 0 Å². The second-order valence-corrected chi connectivity index (χ2v) is 4.69. The SMILES string of the molecule is CCCC(O)CNCc1cc2cc(OC)ccc2o1. The van der Waals surface area contributed by atoms with Crippen LogP contribution in [0.2, 0.25) is 0 Å². The van der Waals surface area contributed by atoms with Gasteiger partial charge >= 0.3 is 0 Å². The smallest absolute Gasteiger partial charge is 0.134 e. The largest absolute Gasteiger partial charge is 0.497 e. The minimum atomic E-state index is -0.283. The molecule has 0 aliphatic heterocycles. The molecule has 1 aromatic carbocycles. The Kier molecular flexibility index (Phi) is 4.82. The molecule has 0 radical (unpaired) electrons. The van der Waals surface area contributed by atoms with E-state index in [4.69, 9.17) is 9.15 Å². The Morgan fingerprint density at radius 3 is 2.95 bits per heavy atom. The highest BCUT2D eigenvalue weighted by Gasteiger charge is 2.06. The normalized spacial score (nSPS) is 12.8. The van der Waals surface area contributed by atoms with Gasteiger partial charge in [-0.05, 0) is 30.7 Å². The number of nitrogens with one attached hydrogen (secondary N) is 1. The van der Waals surface area contributed by atoms with Crippen molar-refractivity contribution in [2.24, 2.45) is 0 Å². The van der Waals surface area contributed by atoms with Gasteiger partial charge in [-0.3, -0.25) is 0 Å². The minimum Gasteiger partial charge on any atom is -0.497 e. The standard InChI is InChI=1S/C15H21NO3/c1-3-4-12(17)9-16-10-14-8-11-7-13(18-2)5-6-15(11)19-14/h5-8,12,16-17H,3-4,9-10H2,1-2H3. The lowest BCUT2D eigenvalue weighted by atomic mass is 10.2. The molecule has 1 aromatic heterocycles. The van der Waals surface area contributed by atoms with Gasteiger partial charge in [0.2, 0.25) is 0 Å². The van der Waals surface area contributed by atoms with Crippen molar-refractivity contribution >= 4 is 11.0 Å². The van der Waals surface area contributed by atoms with E-state index in [0.717, 1.165) is 35.3 Å². The molecule has 1 unspecified atom stereocenters. The quantitative estimate of drug-likeness (QED) is 0.806. The van der Waals surface area contributed by atoms with E-state index < -0.39 is 0 Å². The molecular formula is C15H21NO3. The summed E-state index contributed by atoms with van der Waals surface area (Å²) < 4.78 is 10.9. The van der Waals surface area contributed by atoms with Crippen LogP contribution in [0.4, 0.5) is 0 Å². The van der Waals surface area contributed by atoms with Gasteiger partial charge in [-0.25, -0.2) is 0 Å². The van der Waals surface area contributed by atoms with Crippen LogP contribution >= 0.6 is 0 Å². The van der Waals surface area contributed by atoms with E-state index in [-0.39, 0.29) is 6.10 Å². The molecule has 2 aromatic rings. The average molecular weight is 263 g/mol. The van der Waals surface area contributed by atoms with Crippen LogP contribution in [0.1, 0.15) is 25.5 Å². The van der Waals surface area contributed by atoms with Crippen LogP contribution in [0.25, 0.3) is 11.0 Å². The number of ether oxygens (including phenoxy) is 1. The zero-order chi connectivity index (χ0) is 13.7. The number of aliphatic hydroxyl groups excluding tert-OH is 1. The lowest BCUT2D eigenvalue weighted by molar-refractivity contribution is 0.159.